The second-order valence-electron chi connectivity index (χ2n) is 5.27. The molecular weight excluding hydrogens is 383 g/mol. The summed E-state index contributed by atoms with van der Waals surface area (Å²) in [4.78, 5) is 22.6. The Morgan fingerprint density at radius 1 is 1.48 bits per heavy atom. The molecule has 3 aromatic rings. The van der Waals surface area contributed by atoms with E-state index in [1.807, 2.05) is 0 Å². The summed E-state index contributed by atoms with van der Waals surface area (Å²) in [7, 11) is 1.19. The largest absolute Gasteiger partial charge is 0.475 e. The molecule has 0 aliphatic rings. The number of aromatic amines is 1. The normalized spacial score (nSPS) is 10.6. The van der Waals surface area contributed by atoms with Gasteiger partial charge in [0.25, 0.3) is 5.91 Å². The summed E-state index contributed by atoms with van der Waals surface area (Å²) >= 11 is 5.98. The molecule has 27 heavy (non-hydrogen) atoms. The maximum atomic E-state index is 13.8. The van der Waals surface area contributed by atoms with E-state index in [1.165, 1.54) is 36.2 Å². The number of hydrogen-bond donors (Lipinski definition) is 2. The van der Waals surface area contributed by atoms with Gasteiger partial charge in [0.1, 0.15) is 5.82 Å². The summed E-state index contributed by atoms with van der Waals surface area (Å²) in [6.07, 6.45) is 1.50. The first-order chi connectivity index (χ1) is 12.9. The fraction of sp³-hybridized carbons (Fsp3) is 0.133. The third-order valence-electron chi connectivity index (χ3n) is 3.58. The zero-order valence-electron chi connectivity index (χ0n) is 13.8. The first-order valence-electron chi connectivity index (χ1n) is 7.45. The van der Waals surface area contributed by atoms with Gasteiger partial charge in [-0.3, -0.25) is 24.7 Å². The number of hydrogen-bond acceptors (Lipinski definition) is 6. The highest BCUT2D eigenvalue weighted by Crippen LogP contribution is 2.28. The number of aromatic nitrogens is 4. The number of rotatable bonds is 6. The Labute approximate surface area is 156 Å². The van der Waals surface area contributed by atoms with Crippen LogP contribution in [0.15, 0.2) is 30.5 Å². The van der Waals surface area contributed by atoms with Crippen molar-refractivity contribution in [3.05, 3.63) is 62.7 Å². The summed E-state index contributed by atoms with van der Waals surface area (Å²) < 4.78 is 20.0. The number of nitrogens with one attached hydrogen (secondary N) is 2. The van der Waals surface area contributed by atoms with E-state index in [2.05, 4.69) is 20.6 Å². The molecule has 0 saturated heterocycles. The van der Waals surface area contributed by atoms with E-state index in [4.69, 9.17) is 16.3 Å². The van der Waals surface area contributed by atoms with Gasteiger partial charge in [0, 0.05) is 22.8 Å². The molecule has 1 aromatic carbocycles. The minimum Gasteiger partial charge on any atom is -0.475 e. The van der Waals surface area contributed by atoms with Crippen molar-refractivity contribution in [2.75, 3.05) is 12.4 Å². The second kappa shape index (κ2) is 7.41. The molecule has 0 saturated carbocycles. The lowest BCUT2D eigenvalue weighted by Gasteiger charge is -2.06. The van der Waals surface area contributed by atoms with Gasteiger partial charge in [-0.15, -0.1) is 5.10 Å². The minimum absolute atomic E-state index is 0.0411. The molecule has 0 spiro atoms. The molecule has 10 nitrogen and oxygen atoms in total. The minimum atomic E-state index is -0.827. The first-order valence-corrected chi connectivity index (χ1v) is 7.83. The maximum Gasteiger partial charge on any atom is 0.362 e. The van der Waals surface area contributed by atoms with Crippen LogP contribution >= 0.6 is 11.6 Å². The van der Waals surface area contributed by atoms with Crippen molar-refractivity contribution in [3.63, 3.8) is 0 Å². The van der Waals surface area contributed by atoms with Crippen molar-refractivity contribution in [1.29, 1.82) is 0 Å². The Hall–Kier alpha value is -3.47. The molecule has 12 heteroatoms. The van der Waals surface area contributed by atoms with Gasteiger partial charge in [-0.05, 0) is 12.1 Å². The Bertz CT molecular complexity index is 997. The quantitative estimate of drug-likeness (QED) is 0.488. The van der Waals surface area contributed by atoms with Crippen molar-refractivity contribution in [2.24, 2.45) is 0 Å². The number of anilines is 1. The third-order valence-corrected chi connectivity index (χ3v) is 3.93. The lowest BCUT2D eigenvalue weighted by atomic mass is 10.2. The van der Waals surface area contributed by atoms with Crippen LogP contribution in [0, 0.1) is 15.9 Å². The second-order valence-corrected chi connectivity index (χ2v) is 5.67. The highest BCUT2D eigenvalue weighted by atomic mass is 35.5. The Morgan fingerprint density at radius 2 is 2.26 bits per heavy atom. The number of benzene rings is 1. The smallest absolute Gasteiger partial charge is 0.362 e. The van der Waals surface area contributed by atoms with Crippen LogP contribution < -0.4 is 10.1 Å². The molecule has 0 unspecified atom stereocenters. The number of halogens is 2. The van der Waals surface area contributed by atoms with Crippen LogP contribution in [0.4, 0.5) is 15.9 Å². The highest BCUT2D eigenvalue weighted by Gasteiger charge is 2.30. The topological polar surface area (TPSA) is 128 Å². The van der Waals surface area contributed by atoms with E-state index in [0.717, 1.165) is 0 Å². The van der Waals surface area contributed by atoms with E-state index < -0.39 is 22.3 Å². The fourth-order valence-electron chi connectivity index (χ4n) is 2.33. The Balaban J connectivity index is 1.77. The summed E-state index contributed by atoms with van der Waals surface area (Å²) in [5.41, 5.74) is -0.731. The monoisotopic (exact) mass is 394 g/mol. The molecule has 140 valence electrons. The van der Waals surface area contributed by atoms with E-state index >= 15 is 0 Å². The van der Waals surface area contributed by atoms with Crippen LogP contribution in [0.25, 0.3) is 0 Å². The van der Waals surface area contributed by atoms with Gasteiger partial charge in [0.2, 0.25) is 5.69 Å². The summed E-state index contributed by atoms with van der Waals surface area (Å²) in [5, 5.41) is 23.7. The average molecular weight is 395 g/mol. The van der Waals surface area contributed by atoms with Crippen LogP contribution in [-0.2, 0) is 6.54 Å². The summed E-state index contributed by atoms with van der Waals surface area (Å²) in [6.45, 7) is 0.0411. The number of amides is 1. The predicted octanol–water partition coefficient (Wildman–Crippen LogP) is 2.62. The first kappa shape index (κ1) is 18.3. The molecule has 0 aliphatic heterocycles. The van der Waals surface area contributed by atoms with Crippen molar-refractivity contribution in [3.8, 4) is 5.88 Å². The zero-order chi connectivity index (χ0) is 19.6. The molecule has 0 atom stereocenters. The van der Waals surface area contributed by atoms with Crippen molar-refractivity contribution < 1.29 is 18.8 Å². The van der Waals surface area contributed by atoms with Crippen molar-refractivity contribution >= 4 is 29.0 Å². The number of methoxy groups -OCH3 is 1. The molecular formula is C15H12ClFN6O4. The Morgan fingerprint density at radius 3 is 2.93 bits per heavy atom. The van der Waals surface area contributed by atoms with E-state index in [-0.39, 0.29) is 34.5 Å². The lowest BCUT2D eigenvalue weighted by molar-refractivity contribution is -0.386. The van der Waals surface area contributed by atoms with Crippen LogP contribution in [0.1, 0.15) is 16.1 Å². The molecule has 3 rings (SSSR count). The standard InChI is InChI=1S/C15H12ClFN6O4/c1-27-15-13(23(25)26)12(19-20-15)14(24)18-11-5-6-22(21-11)7-8-9(16)3-2-4-10(8)17/h2-6H,7H2,1H3,(H,19,20)(H,18,21,24). The van der Waals surface area contributed by atoms with Crippen LogP contribution in [-0.4, -0.2) is 37.9 Å². The number of H-pyrrole nitrogens is 1. The van der Waals surface area contributed by atoms with Crippen molar-refractivity contribution in [1.82, 2.24) is 20.0 Å². The van der Waals surface area contributed by atoms with E-state index in [1.54, 1.807) is 6.07 Å². The van der Waals surface area contributed by atoms with Gasteiger partial charge >= 0.3 is 11.6 Å². The maximum absolute atomic E-state index is 13.8. The summed E-state index contributed by atoms with van der Waals surface area (Å²) in [5.74, 6) is -1.52. The zero-order valence-corrected chi connectivity index (χ0v) is 14.5. The Kier molecular flexibility index (Phi) is 5.03. The molecule has 0 aliphatic carbocycles. The number of nitro groups is 1. The molecule has 2 N–H and O–H groups in total. The van der Waals surface area contributed by atoms with Crippen molar-refractivity contribution in [2.45, 2.75) is 6.54 Å². The number of nitrogens with zero attached hydrogens (tertiary/aromatic N) is 4. The molecule has 2 heterocycles. The molecule has 0 bridgehead atoms. The van der Waals surface area contributed by atoms with Crippen LogP contribution in [0.5, 0.6) is 5.88 Å². The van der Waals surface area contributed by atoms with E-state index in [0.29, 0.717) is 0 Å². The number of carbonyl (C=O) groups is 1. The molecule has 0 fully saturated rings. The third kappa shape index (κ3) is 3.72. The van der Waals surface area contributed by atoms with Gasteiger partial charge in [-0.2, -0.15) is 5.10 Å². The van der Waals surface area contributed by atoms with Crippen LogP contribution in [0.2, 0.25) is 5.02 Å². The van der Waals surface area contributed by atoms with Gasteiger partial charge in [-0.1, -0.05) is 17.7 Å². The predicted molar refractivity (Wildman–Crippen MR) is 92.5 cm³/mol. The lowest BCUT2D eigenvalue weighted by Crippen LogP contribution is -2.15. The molecule has 2 aromatic heterocycles. The summed E-state index contributed by atoms with van der Waals surface area (Å²) in [6, 6.07) is 5.77. The molecule has 1 amide bonds. The fourth-order valence-corrected chi connectivity index (χ4v) is 2.55. The number of ether oxygens (including phenoxy) is 1. The van der Waals surface area contributed by atoms with Gasteiger partial charge in [0.05, 0.1) is 18.6 Å². The number of carbonyl (C=O) groups excluding carboxylic acids is 1. The van der Waals surface area contributed by atoms with Crippen LogP contribution in [0.3, 0.4) is 0 Å². The SMILES string of the molecule is COc1n[nH]c(C(=O)Nc2ccn(Cc3c(F)cccc3Cl)n2)c1[N+](=O)[O-]. The average Bonchev–Trinajstić information content (AvgIpc) is 3.24. The van der Waals surface area contributed by atoms with Gasteiger partial charge < -0.3 is 10.1 Å². The van der Waals surface area contributed by atoms with Gasteiger partial charge in [-0.25, -0.2) is 4.39 Å². The van der Waals surface area contributed by atoms with Gasteiger partial charge in [0.15, 0.2) is 5.82 Å². The van der Waals surface area contributed by atoms with E-state index in [9.17, 15) is 19.3 Å². The molecule has 0 radical (unpaired) electrons. The highest BCUT2D eigenvalue weighted by molar-refractivity contribution is 6.31.